The molecule has 2 aromatic rings. The molecule has 0 heterocycles. The number of aliphatic carboxylic acids is 1. The van der Waals surface area contributed by atoms with E-state index in [9.17, 15) is 9.59 Å². The third-order valence-corrected chi connectivity index (χ3v) is 4.60. The Hall–Kier alpha value is -2.97. The van der Waals surface area contributed by atoms with Crippen molar-refractivity contribution in [2.75, 3.05) is 18.5 Å². The van der Waals surface area contributed by atoms with Gasteiger partial charge in [0.15, 0.2) is 0 Å². The Bertz CT molecular complexity index is 935. The molecule has 0 unspecified atom stereocenters. The number of carbonyl (C=O) groups is 2. The Balaban J connectivity index is 2.13. The van der Waals surface area contributed by atoms with Crippen molar-refractivity contribution in [2.45, 2.75) is 20.4 Å². The number of anilines is 1. The van der Waals surface area contributed by atoms with Crippen molar-refractivity contribution in [3.63, 3.8) is 0 Å². The first kappa shape index (κ1) is 24.3. The van der Waals surface area contributed by atoms with E-state index in [-0.39, 0.29) is 19.0 Å². The molecule has 0 aliphatic rings. The van der Waals surface area contributed by atoms with Crippen LogP contribution in [0.5, 0.6) is 5.75 Å². The lowest BCUT2D eigenvalue weighted by atomic mass is 10.2. The summed E-state index contributed by atoms with van der Waals surface area (Å²) in [6.07, 6.45) is 0. The maximum atomic E-state index is 12.2. The average molecular weight is 467 g/mol. The second-order valence-corrected chi connectivity index (χ2v) is 7.41. The van der Waals surface area contributed by atoms with Gasteiger partial charge in [-0.25, -0.2) is 9.79 Å². The van der Waals surface area contributed by atoms with Crippen LogP contribution in [0.15, 0.2) is 47.5 Å². The van der Waals surface area contributed by atoms with Gasteiger partial charge in [0.05, 0.1) is 24.1 Å². The van der Waals surface area contributed by atoms with Gasteiger partial charge in [-0.3, -0.25) is 10.1 Å². The Morgan fingerprint density at radius 1 is 1.16 bits per heavy atom. The molecular formula is C21H24Cl2N4O4. The molecule has 10 heteroatoms. The fourth-order valence-corrected chi connectivity index (χ4v) is 2.70. The fraction of sp³-hybridized carbons (Fsp3) is 0.286. The average Bonchev–Trinajstić information content (AvgIpc) is 2.73. The molecule has 0 radical (unpaired) electrons. The highest BCUT2D eigenvalue weighted by molar-refractivity contribution is 6.32. The van der Waals surface area contributed by atoms with E-state index in [1.807, 2.05) is 19.1 Å². The lowest BCUT2D eigenvalue weighted by molar-refractivity contribution is -0.140. The number of benzene rings is 2. The summed E-state index contributed by atoms with van der Waals surface area (Å²) in [7, 11) is 0. The van der Waals surface area contributed by atoms with E-state index in [1.54, 1.807) is 30.3 Å². The number of rotatable bonds is 8. The first-order valence-electron chi connectivity index (χ1n) is 9.54. The summed E-state index contributed by atoms with van der Waals surface area (Å²) in [5, 5.41) is 18.1. The summed E-state index contributed by atoms with van der Waals surface area (Å²) in [5.74, 6) is -1.02. The summed E-state index contributed by atoms with van der Waals surface area (Å²) >= 11 is 12.1. The van der Waals surface area contributed by atoms with Gasteiger partial charge >= 0.3 is 12.0 Å². The van der Waals surface area contributed by atoms with Crippen molar-refractivity contribution in [1.82, 2.24) is 10.6 Å². The zero-order valence-corrected chi connectivity index (χ0v) is 18.6. The number of urea groups is 1. The number of halogens is 2. The third kappa shape index (κ3) is 8.35. The molecule has 0 aromatic heterocycles. The first-order valence-corrected chi connectivity index (χ1v) is 10.3. The quantitative estimate of drug-likeness (QED) is 0.340. The van der Waals surface area contributed by atoms with Crippen molar-refractivity contribution >= 4 is 46.8 Å². The zero-order valence-electron chi connectivity index (χ0n) is 17.1. The molecule has 2 rings (SSSR count). The molecule has 0 aliphatic heterocycles. The van der Waals surface area contributed by atoms with Crippen LogP contribution in [0.4, 0.5) is 10.5 Å². The molecular weight excluding hydrogens is 443 g/mol. The summed E-state index contributed by atoms with van der Waals surface area (Å²) in [4.78, 5) is 27.6. The number of guanidine groups is 1. The second-order valence-electron chi connectivity index (χ2n) is 6.57. The fourth-order valence-electron chi connectivity index (χ4n) is 2.34. The van der Waals surface area contributed by atoms with Gasteiger partial charge in [-0.15, -0.1) is 0 Å². The zero-order chi connectivity index (χ0) is 22.8. The van der Waals surface area contributed by atoms with Crippen LogP contribution in [0.25, 0.3) is 0 Å². The number of amides is 2. The predicted octanol–water partition coefficient (Wildman–Crippen LogP) is 4.38. The van der Waals surface area contributed by atoms with Gasteiger partial charge in [0, 0.05) is 17.3 Å². The SMILES string of the molecule is CCOc1ccc(NC(=NCc2ccc(Cl)cc2)NC(=O)NC[C@@H](C)C(=O)O)cc1Cl. The third-order valence-electron chi connectivity index (χ3n) is 4.05. The van der Waals surface area contributed by atoms with Gasteiger partial charge in [-0.2, -0.15) is 0 Å². The largest absolute Gasteiger partial charge is 0.492 e. The number of carboxylic acid groups (broad SMARTS) is 1. The summed E-state index contributed by atoms with van der Waals surface area (Å²) in [6, 6.07) is 11.7. The molecule has 0 aliphatic carbocycles. The molecule has 8 nitrogen and oxygen atoms in total. The van der Waals surface area contributed by atoms with Gasteiger partial charge in [0.25, 0.3) is 0 Å². The van der Waals surface area contributed by atoms with Crippen LogP contribution in [0, 0.1) is 5.92 Å². The van der Waals surface area contributed by atoms with Crippen LogP contribution in [0.1, 0.15) is 19.4 Å². The topological polar surface area (TPSA) is 112 Å². The number of hydrogen-bond donors (Lipinski definition) is 4. The Morgan fingerprint density at radius 3 is 2.48 bits per heavy atom. The lowest BCUT2D eigenvalue weighted by Crippen LogP contribution is -2.44. The molecule has 4 N–H and O–H groups in total. The standard InChI is InChI=1S/C21H24Cl2N4O4/c1-3-31-18-9-8-16(10-17(18)23)26-20(24-12-14-4-6-15(22)7-5-14)27-21(30)25-11-13(2)19(28)29/h4-10,13H,3,11-12H2,1-2H3,(H,28,29)(H3,24,25,26,27,30)/t13-/m1/s1. The lowest BCUT2D eigenvalue weighted by Gasteiger charge is -2.14. The van der Waals surface area contributed by atoms with Crippen molar-refractivity contribution in [2.24, 2.45) is 10.9 Å². The van der Waals surface area contributed by atoms with Gasteiger partial charge in [-0.05, 0) is 42.8 Å². The van der Waals surface area contributed by atoms with Crippen LogP contribution in [0.2, 0.25) is 10.0 Å². The maximum absolute atomic E-state index is 12.2. The van der Waals surface area contributed by atoms with Crippen molar-refractivity contribution in [3.8, 4) is 5.75 Å². The number of carboxylic acids is 1. The Kier molecular flexibility index (Phi) is 9.42. The highest BCUT2D eigenvalue weighted by atomic mass is 35.5. The number of carbonyl (C=O) groups excluding carboxylic acids is 1. The molecule has 0 spiro atoms. The van der Waals surface area contributed by atoms with Crippen LogP contribution >= 0.6 is 23.2 Å². The molecule has 0 saturated carbocycles. The minimum absolute atomic E-state index is 0.0273. The maximum Gasteiger partial charge on any atom is 0.321 e. The molecule has 0 fully saturated rings. The van der Waals surface area contributed by atoms with Crippen LogP contribution in [-0.4, -0.2) is 36.2 Å². The number of hydrogen-bond acceptors (Lipinski definition) is 4. The molecule has 31 heavy (non-hydrogen) atoms. The van der Waals surface area contributed by atoms with E-state index >= 15 is 0 Å². The number of ether oxygens (including phenoxy) is 1. The van der Waals surface area contributed by atoms with Gasteiger partial charge < -0.3 is 20.5 Å². The van der Waals surface area contributed by atoms with Crippen LogP contribution in [-0.2, 0) is 11.3 Å². The smallest absolute Gasteiger partial charge is 0.321 e. The summed E-state index contributed by atoms with van der Waals surface area (Å²) in [6.45, 7) is 4.09. The van der Waals surface area contributed by atoms with E-state index in [2.05, 4.69) is 20.9 Å². The number of nitrogens with one attached hydrogen (secondary N) is 3. The van der Waals surface area contributed by atoms with Gasteiger partial charge in [-0.1, -0.05) is 42.3 Å². The Morgan fingerprint density at radius 2 is 1.87 bits per heavy atom. The normalized spacial score (nSPS) is 12.1. The highest BCUT2D eigenvalue weighted by Gasteiger charge is 2.13. The number of aliphatic imine (C=N–C) groups is 1. The van der Waals surface area contributed by atoms with Crippen LogP contribution in [0.3, 0.4) is 0 Å². The molecule has 166 valence electrons. The second kappa shape index (κ2) is 12.0. The van der Waals surface area contributed by atoms with Gasteiger partial charge in [0.2, 0.25) is 5.96 Å². The van der Waals surface area contributed by atoms with E-state index in [4.69, 9.17) is 33.0 Å². The predicted molar refractivity (Wildman–Crippen MR) is 122 cm³/mol. The van der Waals surface area contributed by atoms with Crippen molar-refractivity contribution in [3.05, 3.63) is 58.1 Å². The summed E-state index contributed by atoms with van der Waals surface area (Å²) < 4.78 is 5.42. The van der Waals surface area contributed by atoms with E-state index in [0.29, 0.717) is 28.1 Å². The summed E-state index contributed by atoms with van der Waals surface area (Å²) in [5.41, 5.74) is 1.47. The molecule has 1 atom stereocenters. The number of nitrogens with zero attached hydrogens (tertiary/aromatic N) is 1. The van der Waals surface area contributed by atoms with E-state index in [1.165, 1.54) is 6.92 Å². The van der Waals surface area contributed by atoms with Gasteiger partial charge in [0.1, 0.15) is 5.75 Å². The molecule has 2 aromatic carbocycles. The van der Waals surface area contributed by atoms with Crippen molar-refractivity contribution in [1.29, 1.82) is 0 Å². The first-order chi connectivity index (χ1) is 14.8. The monoisotopic (exact) mass is 466 g/mol. The minimum Gasteiger partial charge on any atom is -0.492 e. The van der Waals surface area contributed by atoms with E-state index < -0.39 is 17.9 Å². The van der Waals surface area contributed by atoms with E-state index in [0.717, 1.165) is 5.56 Å². The molecule has 2 amide bonds. The minimum atomic E-state index is -1.00. The highest BCUT2D eigenvalue weighted by Crippen LogP contribution is 2.27. The van der Waals surface area contributed by atoms with Crippen molar-refractivity contribution < 1.29 is 19.4 Å². The molecule has 0 saturated heterocycles. The Labute approximate surface area is 190 Å². The van der Waals surface area contributed by atoms with Crippen LogP contribution < -0.4 is 20.7 Å². The molecule has 0 bridgehead atoms.